The zero-order valence-corrected chi connectivity index (χ0v) is 4.22. The van der Waals surface area contributed by atoms with Gasteiger partial charge in [-0.3, -0.25) is 0 Å². The van der Waals surface area contributed by atoms with Gasteiger partial charge in [-0.2, -0.15) is 17.6 Å². The van der Waals surface area contributed by atoms with Crippen molar-refractivity contribution in [3.8, 4) is 0 Å². The summed E-state index contributed by atoms with van der Waals surface area (Å²) >= 11 is 0. The van der Waals surface area contributed by atoms with Crippen LogP contribution in [0.25, 0.3) is 0 Å². The summed E-state index contributed by atoms with van der Waals surface area (Å²) in [5.41, 5.74) is 0. The molecular formula is C4H5F4+. The average Bonchev–Trinajstić information content (AvgIpc) is 1.25. The molecule has 0 N–H and O–H groups in total. The van der Waals surface area contributed by atoms with Crippen LogP contribution in [0.15, 0.2) is 0 Å². The van der Waals surface area contributed by atoms with Crippen molar-refractivity contribution in [1.29, 1.82) is 0 Å². The van der Waals surface area contributed by atoms with Gasteiger partial charge in [-0.15, -0.1) is 0 Å². The fourth-order valence-electron chi connectivity index (χ4n) is 0. The molecule has 0 spiro atoms. The second-order valence-corrected chi connectivity index (χ2v) is 1.59. The number of hydrogen-bond donors (Lipinski definition) is 0. The molecule has 0 aliphatic heterocycles. The molecule has 0 aromatic heterocycles. The maximum absolute atomic E-state index is 11.4. The molecule has 0 fully saturated rings. The molecule has 48 valence electrons. The highest BCUT2D eigenvalue weighted by atomic mass is 19.3. The minimum Gasteiger partial charge on any atom is -0.195 e. The molecular weight excluding hydrogens is 124 g/mol. The van der Waals surface area contributed by atoms with Gasteiger partial charge < -0.3 is 0 Å². The van der Waals surface area contributed by atoms with Crippen LogP contribution in [0.1, 0.15) is 6.92 Å². The smallest absolute Gasteiger partial charge is 0.195 e. The van der Waals surface area contributed by atoms with Gasteiger partial charge in [0.15, 0.2) is 0 Å². The predicted octanol–water partition coefficient (Wildman–Crippen LogP) is 2.11. The minimum absolute atomic E-state index is 0.125. The highest BCUT2D eigenvalue weighted by Crippen LogP contribution is 2.31. The summed E-state index contributed by atoms with van der Waals surface area (Å²) in [7, 11) is 0. The van der Waals surface area contributed by atoms with Gasteiger partial charge in [0, 0.05) is 6.92 Å². The lowest BCUT2D eigenvalue weighted by molar-refractivity contribution is -0.168. The molecule has 0 bridgehead atoms. The molecule has 0 radical (unpaired) electrons. The van der Waals surface area contributed by atoms with Crippen molar-refractivity contribution in [2.24, 2.45) is 0 Å². The van der Waals surface area contributed by atoms with Crippen LogP contribution in [0.4, 0.5) is 17.6 Å². The normalized spacial score (nSPS) is 14.1. The Morgan fingerprint density at radius 3 is 1.25 bits per heavy atom. The largest absolute Gasteiger partial charge is 0.447 e. The lowest BCUT2D eigenvalue weighted by Crippen LogP contribution is -2.34. The van der Waals surface area contributed by atoms with Gasteiger partial charge in [0.25, 0.3) is 0 Å². The van der Waals surface area contributed by atoms with E-state index in [0.717, 1.165) is 0 Å². The summed E-state index contributed by atoms with van der Waals surface area (Å²) in [4.78, 5) is 0. The van der Waals surface area contributed by atoms with Crippen molar-refractivity contribution in [3.63, 3.8) is 0 Å². The number of rotatable bonds is 1. The molecule has 0 heterocycles. The van der Waals surface area contributed by atoms with E-state index in [1.165, 1.54) is 0 Å². The van der Waals surface area contributed by atoms with Crippen LogP contribution in [-0.2, 0) is 0 Å². The monoisotopic (exact) mass is 129 g/mol. The second-order valence-electron chi connectivity index (χ2n) is 1.59. The fourth-order valence-corrected chi connectivity index (χ4v) is 0. The Kier molecular flexibility index (Phi) is 1.45. The van der Waals surface area contributed by atoms with Gasteiger partial charge in [-0.25, -0.2) is 0 Å². The van der Waals surface area contributed by atoms with Crippen LogP contribution in [0.5, 0.6) is 0 Å². The molecule has 0 rings (SSSR count). The number of hydrogen-bond acceptors (Lipinski definition) is 0. The summed E-state index contributed by atoms with van der Waals surface area (Å²) in [5, 5.41) is 0. The van der Waals surface area contributed by atoms with Crippen molar-refractivity contribution >= 4 is 0 Å². The maximum atomic E-state index is 11.4. The van der Waals surface area contributed by atoms with Gasteiger partial charge in [-0.1, -0.05) is 0 Å². The zero-order chi connectivity index (χ0) is 7.00. The Balaban J connectivity index is 4.02. The van der Waals surface area contributed by atoms with Crippen molar-refractivity contribution in [2.75, 3.05) is 0 Å². The van der Waals surface area contributed by atoms with Crippen LogP contribution in [0.2, 0.25) is 0 Å². The van der Waals surface area contributed by atoms with E-state index in [1.807, 2.05) is 6.92 Å². The van der Waals surface area contributed by atoms with Gasteiger partial charge in [0.05, 0.1) is 0 Å². The standard InChI is InChI=1S/C4H5F4/c1-3(5,6)4(2,7)8/h1H2,2H3/q+1. The SMILES string of the molecule is [CH2+]C(F)(F)C(C)(F)F. The summed E-state index contributed by atoms with van der Waals surface area (Å²) in [6.07, 6.45) is 0. The van der Waals surface area contributed by atoms with Crippen molar-refractivity contribution < 1.29 is 17.6 Å². The second kappa shape index (κ2) is 1.53. The van der Waals surface area contributed by atoms with Crippen LogP contribution in [0, 0.1) is 6.92 Å². The predicted molar refractivity (Wildman–Crippen MR) is 20.9 cm³/mol. The fraction of sp³-hybridized carbons (Fsp3) is 0.750. The van der Waals surface area contributed by atoms with Crippen molar-refractivity contribution in [3.05, 3.63) is 6.92 Å². The molecule has 0 atom stereocenters. The van der Waals surface area contributed by atoms with Gasteiger partial charge in [0.2, 0.25) is 0 Å². The minimum atomic E-state index is -4.15. The van der Waals surface area contributed by atoms with Gasteiger partial charge in [0.1, 0.15) is 6.92 Å². The van der Waals surface area contributed by atoms with E-state index in [0.29, 0.717) is 0 Å². The van der Waals surface area contributed by atoms with E-state index in [1.54, 1.807) is 0 Å². The van der Waals surface area contributed by atoms with Gasteiger partial charge in [-0.05, 0) is 0 Å². The molecule has 0 unspecified atom stereocenters. The third-order valence-electron chi connectivity index (χ3n) is 0.642. The molecule has 0 aliphatic carbocycles. The molecule has 0 aromatic rings. The zero-order valence-electron chi connectivity index (χ0n) is 4.22. The Bertz CT molecular complexity index is 63.0. The number of alkyl halides is 4. The van der Waals surface area contributed by atoms with Crippen LogP contribution in [-0.4, -0.2) is 11.8 Å². The molecule has 4 heteroatoms. The summed E-state index contributed by atoms with van der Waals surface area (Å²) in [6.45, 7) is 2.08. The Labute approximate surface area is 44.5 Å². The van der Waals surface area contributed by atoms with Crippen LogP contribution >= 0.6 is 0 Å². The van der Waals surface area contributed by atoms with Gasteiger partial charge >= 0.3 is 11.8 Å². The molecule has 0 saturated carbocycles. The third-order valence-corrected chi connectivity index (χ3v) is 0.642. The summed E-state index contributed by atoms with van der Waals surface area (Å²) in [6, 6.07) is 0. The first-order valence-electron chi connectivity index (χ1n) is 1.86. The van der Waals surface area contributed by atoms with Crippen LogP contribution in [0.3, 0.4) is 0 Å². The molecule has 0 aliphatic rings. The maximum Gasteiger partial charge on any atom is 0.447 e. The topological polar surface area (TPSA) is 0 Å². The van der Waals surface area contributed by atoms with E-state index in [9.17, 15) is 17.6 Å². The van der Waals surface area contributed by atoms with E-state index in [4.69, 9.17) is 0 Å². The van der Waals surface area contributed by atoms with E-state index >= 15 is 0 Å². The average molecular weight is 129 g/mol. The lowest BCUT2D eigenvalue weighted by atomic mass is 10.2. The van der Waals surface area contributed by atoms with E-state index < -0.39 is 11.8 Å². The summed E-state index contributed by atoms with van der Waals surface area (Å²) in [5.74, 6) is -8.15. The molecule has 0 amide bonds. The van der Waals surface area contributed by atoms with Crippen molar-refractivity contribution in [1.82, 2.24) is 0 Å². The van der Waals surface area contributed by atoms with Crippen LogP contribution < -0.4 is 0 Å². The quantitative estimate of drug-likeness (QED) is 0.375. The van der Waals surface area contributed by atoms with E-state index in [-0.39, 0.29) is 6.92 Å². The third kappa shape index (κ3) is 1.60. The molecule has 0 nitrogen and oxygen atoms in total. The molecule has 0 aromatic carbocycles. The van der Waals surface area contributed by atoms with E-state index in [2.05, 4.69) is 0 Å². The first-order chi connectivity index (χ1) is 3.25. The Hall–Kier alpha value is -0.410. The first kappa shape index (κ1) is 7.59. The lowest BCUT2D eigenvalue weighted by Gasteiger charge is -2.10. The summed E-state index contributed by atoms with van der Waals surface area (Å²) < 4.78 is 45.6. The Morgan fingerprint density at radius 2 is 1.25 bits per heavy atom. The Morgan fingerprint density at radius 1 is 1.12 bits per heavy atom. The number of halogens is 4. The van der Waals surface area contributed by atoms with Crippen molar-refractivity contribution in [2.45, 2.75) is 18.8 Å². The first-order valence-corrected chi connectivity index (χ1v) is 1.86. The highest BCUT2D eigenvalue weighted by Gasteiger charge is 2.55. The molecule has 0 saturated heterocycles. The highest BCUT2D eigenvalue weighted by molar-refractivity contribution is 4.81. The molecule has 8 heavy (non-hydrogen) atoms.